The molecule has 3 nitrogen and oxygen atoms in total. The highest BCUT2D eigenvalue weighted by atomic mass is 35.5. The fourth-order valence-corrected chi connectivity index (χ4v) is 2.09. The van der Waals surface area contributed by atoms with Crippen LogP contribution in [0.25, 0.3) is 11.3 Å². The quantitative estimate of drug-likeness (QED) is 0.716. The van der Waals surface area contributed by atoms with Crippen molar-refractivity contribution >= 4 is 23.1 Å². The van der Waals surface area contributed by atoms with Gasteiger partial charge in [-0.15, -0.1) is 0 Å². The average Bonchev–Trinajstić information content (AvgIpc) is 2.49. The standard InChI is InChI=1S/C16H12ClN3/c17-16-19-14(12-7-3-1-4-8-12)11-15(20-16)18-13-9-5-2-6-10-13/h1-11H,(H,18,19,20). The highest BCUT2D eigenvalue weighted by molar-refractivity contribution is 6.28. The van der Waals surface area contributed by atoms with Crippen LogP contribution in [0.3, 0.4) is 0 Å². The second-order valence-corrected chi connectivity index (χ2v) is 4.60. The zero-order valence-electron chi connectivity index (χ0n) is 10.6. The Morgan fingerprint density at radius 3 is 2.15 bits per heavy atom. The van der Waals surface area contributed by atoms with Crippen molar-refractivity contribution < 1.29 is 0 Å². The third-order valence-corrected chi connectivity index (χ3v) is 2.98. The molecule has 1 N–H and O–H groups in total. The van der Waals surface area contributed by atoms with E-state index in [1.807, 2.05) is 66.7 Å². The Morgan fingerprint density at radius 2 is 1.45 bits per heavy atom. The van der Waals surface area contributed by atoms with Gasteiger partial charge in [-0.05, 0) is 23.7 Å². The van der Waals surface area contributed by atoms with Crippen LogP contribution >= 0.6 is 11.6 Å². The van der Waals surface area contributed by atoms with E-state index in [1.165, 1.54) is 0 Å². The van der Waals surface area contributed by atoms with Crippen LogP contribution in [0.1, 0.15) is 0 Å². The van der Waals surface area contributed by atoms with Gasteiger partial charge in [0.15, 0.2) is 0 Å². The molecule has 1 heterocycles. The SMILES string of the molecule is Clc1nc(Nc2ccccc2)cc(-c2ccccc2)n1. The normalized spacial score (nSPS) is 10.2. The van der Waals surface area contributed by atoms with Crippen LogP contribution in [0.5, 0.6) is 0 Å². The van der Waals surface area contributed by atoms with Crippen LogP contribution in [0.2, 0.25) is 5.28 Å². The summed E-state index contributed by atoms with van der Waals surface area (Å²) < 4.78 is 0. The predicted octanol–water partition coefficient (Wildman–Crippen LogP) is 4.54. The number of para-hydroxylation sites is 1. The molecule has 0 aliphatic rings. The molecule has 4 heteroatoms. The molecule has 0 atom stereocenters. The summed E-state index contributed by atoms with van der Waals surface area (Å²) in [6.45, 7) is 0. The molecule has 3 rings (SSSR count). The maximum atomic E-state index is 6.00. The number of hydrogen-bond donors (Lipinski definition) is 1. The van der Waals surface area contributed by atoms with E-state index in [2.05, 4.69) is 15.3 Å². The Kier molecular flexibility index (Phi) is 3.61. The van der Waals surface area contributed by atoms with Crippen LogP contribution in [0.4, 0.5) is 11.5 Å². The van der Waals surface area contributed by atoms with Crippen molar-refractivity contribution in [2.45, 2.75) is 0 Å². The van der Waals surface area contributed by atoms with Gasteiger partial charge in [0.1, 0.15) is 5.82 Å². The second kappa shape index (κ2) is 5.72. The van der Waals surface area contributed by atoms with Crippen molar-refractivity contribution in [1.82, 2.24) is 9.97 Å². The molecule has 0 bridgehead atoms. The maximum absolute atomic E-state index is 6.00. The van der Waals surface area contributed by atoms with Crippen LogP contribution in [-0.4, -0.2) is 9.97 Å². The molecular weight excluding hydrogens is 270 g/mol. The van der Waals surface area contributed by atoms with Gasteiger partial charge < -0.3 is 5.32 Å². The molecule has 0 spiro atoms. The van der Waals surface area contributed by atoms with Crippen molar-refractivity contribution in [3.63, 3.8) is 0 Å². The zero-order valence-corrected chi connectivity index (χ0v) is 11.4. The third-order valence-electron chi connectivity index (χ3n) is 2.81. The van der Waals surface area contributed by atoms with E-state index in [4.69, 9.17) is 11.6 Å². The molecule has 0 saturated carbocycles. The number of hydrogen-bond acceptors (Lipinski definition) is 3. The van der Waals surface area contributed by atoms with Gasteiger partial charge in [0, 0.05) is 17.3 Å². The number of anilines is 2. The summed E-state index contributed by atoms with van der Waals surface area (Å²) in [5, 5.41) is 3.45. The van der Waals surface area contributed by atoms with Crippen molar-refractivity contribution in [2.24, 2.45) is 0 Å². The van der Waals surface area contributed by atoms with E-state index >= 15 is 0 Å². The van der Waals surface area contributed by atoms with Crippen molar-refractivity contribution in [3.8, 4) is 11.3 Å². The molecule has 1 aromatic heterocycles. The van der Waals surface area contributed by atoms with Gasteiger partial charge in [-0.1, -0.05) is 48.5 Å². The van der Waals surface area contributed by atoms with Gasteiger partial charge in [-0.3, -0.25) is 0 Å². The molecule has 0 amide bonds. The number of aromatic nitrogens is 2. The fourth-order valence-electron chi connectivity index (χ4n) is 1.91. The highest BCUT2D eigenvalue weighted by Gasteiger charge is 2.05. The summed E-state index contributed by atoms with van der Waals surface area (Å²) >= 11 is 6.00. The number of halogens is 1. The van der Waals surface area contributed by atoms with E-state index in [1.54, 1.807) is 0 Å². The lowest BCUT2D eigenvalue weighted by atomic mass is 10.1. The first-order valence-corrected chi connectivity index (χ1v) is 6.61. The minimum atomic E-state index is 0.227. The third kappa shape index (κ3) is 2.95. The average molecular weight is 282 g/mol. The summed E-state index contributed by atoms with van der Waals surface area (Å²) in [4.78, 5) is 8.46. The Labute approximate surface area is 122 Å². The van der Waals surface area contributed by atoms with E-state index in [-0.39, 0.29) is 5.28 Å². The monoisotopic (exact) mass is 281 g/mol. The van der Waals surface area contributed by atoms with E-state index in [0.717, 1.165) is 16.9 Å². The van der Waals surface area contributed by atoms with Gasteiger partial charge in [0.2, 0.25) is 5.28 Å². The van der Waals surface area contributed by atoms with E-state index in [9.17, 15) is 0 Å². The largest absolute Gasteiger partial charge is 0.340 e. The molecule has 3 aromatic rings. The summed E-state index contributed by atoms with van der Waals surface area (Å²) in [5.74, 6) is 0.676. The number of benzene rings is 2. The molecule has 0 unspecified atom stereocenters. The van der Waals surface area contributed by atoms with Crippen molar-refractivity contribution in [3.05, 3.63) is 72.0 Å². The summed E-state index contributed by atoms with van der Waals surface area (Å²) in [5.41, 5.74) is 2.76. The molecule has 20 heavy (non-hydrogen) atoms. The molecular formula is C16H12ClN3. The van der Waals surface area contributed by atoms with Gasteiger partial charge in [-0.25, -0.2) is 9.97 Å². The van der Waals surface area contributed by atoms with Crippen LogP contribution in [0.15, 0.2) is 66.7 Å². The first-order chi connectivity index (χ1) is 9.81. The molecule has 0 radical (unpaired) electrons. The Hall–Kier alpha value is -2.39. The van der Waals surface area contributed by atoms with Gasteiger partial charge in [0.25, 0.3) is 0 Å². The van der Waals surface area contributed by atoms with E-state index in [0.29, 0.717) is 5.82 Å². The fraction of sp³-hybridized carbons (Fsp3) is 0. The van der Waals surface area contributed by atoms with Gasteiger partial charge in [0.05, 0.1) is 5.69 Å². The van der Waals surface area contributed by atoms with Crippen LogP contribution < -0.4 is 5.32 Å². The first kappa shape index (κ1) is 12.6. The van der Waals surface area contributed by atoms with E-state index < -0.39 is 0 Å². The lowest BCUT2D eigenvalue weighted by Crippen LogP contribution is -1.96. The maximum Gasteiger partial charge on any atom is 0.224 e. The molecule has 98 valence electrons. The topological polar surface area (TPSA) is 37.8 Å². The van der Waals surface area contributed by atoms with Crippen LogP contribution in [0, 0.1) is 0 Å². The summed E-state index contributed by atoms with van der Waals surface area (Å²) in [6.07, 6.45) is 0. The highest BCUT2D eigenvalue weighted by Crippen LogP contribution is 2.23. The Bertz CT molecular complexity index is 699. The van der Waals surface area contributed by atoms with Gasteiger partial charge in [-0.2, -0.15) is 0 Å². The van der Waals surface area contributed by atoms with Crippen molar-refractivity contribution in [2.75, 3.05) is 5.32 Å². The lowest BCUT2D eigenvalue weighted by Gasteiger charge is -2.08. The van der Waals surface area contributed by atoms with Gasteiger partial charge >= 0.3 is 0 Å². The molecule has 0 aliphatic heterocycles. The first-order valence-electron chi connectivity index (χ1n) is 6.23. The van der Waals surface area contributed by atoms with Crippen LogP contribution in [-0.2, 0) is 0 Å². The number of nitrogens with one attached hydrogen (secondary N) is 1. The zero-order chi connectivity index (χ0) is 13.8. The predicted molar refractivity (Wildman–Crippen MR) is 82.2 cm³/mol. The minimum absolute atomic E-state index is 0.227. The number of rotatable bonds is 3. The Morgan fingerprint density at radius 1 is 0.800 bits per heavy atom. The number of nitrogens with zero attached hydrogens (tertiary/aromatic N) is 2. The molecule has 0 saturated heterocycles. The Balaban J connectivity index is 1.95. The smallest absolute Gasteiger partial charge is 0.224 e. The molecule has 0 aliphatic carbocycles. The summed E-state index contributed by atoms with van der Waals surface area (Å²) in [6, 6.07) is 21.6. The van der Waals surface area contributed by atoms with Crippen molar-refractivity contribution in [1.29, 1.82) is 0 Å². The molecule has 0 fully saturated rings. The second-order valence-electron chi connectivity index (χ2n) is 4.26. The minimum Gasteiger partial charge on any atom is -0.340 e. The summed E-state index contributed by atoms with van der Waals surface area (Å²) in [7, 11) is 0. The molecule has 2 aromatic carbocycles. The lowest BCUT2D eigenvalue weighted by molar-refractivity contribution is 1.17.